The predicted octanol–water partition coefficient (Wildman–Crippen LogP) is 4.75. The Balaban J connectivity index is 1.37. The third-order valence-corrected chi connectivity index (χ3v) is 5.61. The third kappa shape index (κ3) is 3.97. The average Bonchev–Trinajstić information content (AvgIpc) is 2.69. The van der Waals surface area contributed by atoms with E-state index < -0.39 is 0 Å². The standard InChI is InChI=1S/C22H22BrN3/c23-22-11-4-2-7-19(22)16-24-26-14-12-25(13-15-26)17-20-9-5-8-18-6-1-3-10-21(18)20/h1-11,16H,12-15,17H2. The summed E-state index contributed by atoms with van der Waals surface area (Å²) in [5.74, 6) is 0. The van der Waals surface area contributed by atoms with Gasteiger partial charge in [-0.3, -0.25) is 9.91 Å². The van der Waals surface area contributed by atoms with Gasteiger partial charge in [0.25, 0.3) is 0 Å². The van der Waals surface area contributed by atoms with E-state index in [0.29, 0.717) is 0 Å². The lowest BCUT2D eigenvalue weighted by Crippen LogP contribution is -2.43. The lowest BCUT2D eigenvalue weighted by molar-refractivity contribution is 0.131. The van der Waals surface area contributed by atoms with E-state index in [1.807, 2.05) is 24.4 Å². The molecule has 132 valence electrons. The van der Waals surface area contributed by atoms with Crippen molar-refractivity contribution < 1.29 is 0 Å². The maximum absolute atomic E-state index is 4.66. The van der Waals surface area contributed by atoms with Gasteiger partial charge in [0, 0.05) is 42.8 Å². The van der Waals surface area contributed by atoms with Crippen LogP contribution in [0, 0.1) is 0 Å². The third-order valence-electron chi connectivity index (χ3n) is 4.89. The predicted molar refractivity (Wildman–Crippen MR) is 113 cm³/mol. The van der Waals surface area contributed by atoms with Crippen LogP contribution in [-0.2, 0) is 6.54 Å². The number of fused-ring (bicyclic) bond motifs is 1. The fourth-order valence-corrected chi connectivity index (χ4v) is 3.79. The van der Waals surface area contributed by atoms with Crippen LogP contribution in [0.5, 0.6) is 0 Å². The first-order valence-electron chi connectivity index (χ1n) is 9.02. The molecule has 0 spiro atoms. The van der Waals surface area contributed by atoms with E-state index in [4.69, 9.17) is 0 Å². The minimum Gasteiger partial charge on any atom is -0.295 e. The van der Waals surface area contributed by atoms with Crippen LogP contribution >= 0.6 is 15.9 Å². The van der Waals surface area contributed by atoms with Crippen molar-refractivity contribution in [2.75, 3.05) is 26.2 Å². The second kappa shape index (κ2) is 8.02. The average molecular weight is 408 g/mol. The summed E-state index contributed by atoms with van der Waals surface area (Å²) in [6.07, 6.45) is 1.95. The molecule has 0 aromatic heterocycles. The fraction of sp³-hybridized carbons (Fsp3) is 0.227. The zero-order valence-corrected chi connectivity index (χ0v) is 16.3. The molecule has 0 unspecified atom stereocenters. The maximum Gasteiger partial charge on any atom is 0.0554 e. The Kier molecular flexibility index (Phi) is 5.32. The molecule has 3 aromatic carbocycles. The van der Waals surface area contributed by atoms with Crippen molar-refractivity contribution >= 4 is 32.9 Å². The highest BCUT2D eigenvalue weighted by molar-refractivity contribution is 9.10. The van der Waals surface area contributed by atoms with E-state index in [9.17, 15) is 0 Å². The van der Waals surface area contributed by atoms with Crippen LogP contribution < -0.4 is 0 Å². The van der Waals surface area contributed by atoms with Gasteiger partial charge in [-0.1, -0.05) is 76.6 Å². The molecule has 0 aliphatic carbocycles. The van der Waals surface area contributed by atoms with Gasteiger partial charge in [0.15, 0.2) is 0 Å². The topological polar surface area (TPSA) is 18.8 Å². The highest BCUT2D eigenvalue weighted by Gasteiger charge is 2.16. The molecule has 0 N–H and O–H groups in total. The van der Waals surface area contributed by atoms with Crippen molar-refractivity contribution in [3.63, 3.8) is 0 Å². The summed E-state index contributed by atoms with van der Waals surface area (Å²) >= 11 is 3.57. The maximum atomic E-state index is 4.66. The molecule has 1 aliphatic heterocycles. The Morgan fingerprint density at radius 3 is 2.42 bits per heavy atom. The van der Waals surface area contributed by atoms with Crippen molar-refractivity contribution in [3.05, 3.63) is 82.3 Å². The molecule has 3 nitrogen and oxygen atoms in total. The van der Waals surface area contributed by atoms with Gasteiger partial charge in [-0.25, -0.2) is 0 Å². The molecule has 0 atom stereocenters. The van der Waals surface area contributed by atoms with Gasteiger partial charge in [-0.15, -0.1) is 0 Å². The zero-order chi connectivity index (χ0) is 17.8. The minimum absolute atomic E-state index is 0.964. The Labute approximate surface area is 163 Å². The molecule has 0 radical (unpaired) electrons. The molecular formula is C22H22BrN3. The van der Waals surface area contributed by atoms with Gasteiger partial charge in [0.1, 0.15) is 0 Å². The molecule has 3 aromatic rings. The highest BCUT2D eigenvalue weighted by atomic mass is 79.9. The van der Waals surface area contributed by atoms with Gasteiger partial charge in [-0.2, -0.15) is 5.10 Å². The van der Waals surface area contributed by atoms with Gasteiger partial charge in [0.05, 0.1) is 6.21 Å². The van der Waals surface area contributed by atoms with Crippen LogP contribution in [0.3, 0.4) is 0 Å². The minimum atomic E-state index is 0.964. The molecule has 26 heavy (non-hydrogen) atoms. The first kappa shape index (κ1) is 17.3. The summed E-state index contributed by atoms with van der Waals surface area (Å²) in [6, 6.07) is 23.4. The molecule has 1 fully saturated rings. The number of hydrogen-bond donors (Lipinski definition) is 0. The van der Waals surface area contributed by atoms with Crippen molar-refractivity contribution in [1.29, 1.82) is 0 Å². The molecule has 1 aliphatic rings. The smallest absolute Gasteiger partial charge is 0.0554 e. The Hall–Kier alpha value is -2.17. The van der Waals surface area contributed by atoms with Crippen LogP contribution in [0.1, 0.15) is 11.1 Å². The van der Waals surface area contributed by atoms with Gasteiger partial charge < -0.3 is 0 Å². The van der Waals surface area contributed by atoms with Crippen LogP contribution in [0.15, 0.2) is 76.3 Å². The monoisotopic (exact) mass is 407 g/mol. The van der Waals surface area contributed by atoms with Gasteiger partial charge >= 0.3 is 0 Å². The fourth-order valence-electron chi connectivity index (χ4n) is 3.41. The molecule has 0 saturated carbocycles. The summed E-state index contributed by atoms with van der Waals surface area (Å²) in [6.45, 7) is 5.01. The number of halogens is 1. The normalized spacial score (nSPS) is 15.8. The van der Waals surface area contributed by atoms with Crippen molar-refractivity contribution in [2.45, 2.75) is 6.54 Å². The van der Waals surface area contributed by atoms with Crippen molar-refractivity contribution in [1.82, 2.24) is 9.91 Å². The first-order valence-corrected chi connectivity index (χ1v) is 9.81. The van der Waals surface area contributed by atoms with Crippen LogP contribution in [0.25, 0.3) is 10.8 Å². The first-order chi connectivity index (χ1) is 12.8. The van der Waals surface area contributed by atoms with E-state index in [-0.39, 0.29) is 0 Å². The summed E-state index contributed by atoms with van der Waals surface area (Å²) in [5, 5.41) is 9.51. The number of piperazine rings is 1. The lowest BCUT2D eigenvalue weighted by atomic mass is 10.0. The second-order valence-corrected chi connectivity index (χ2v) is 7.49. The largest absolute Gasteiger partial charge is 0.295 e. The number of benzene rings is 3. The molecular weight excluding hydrogens is 386 g/mol. The van der Waals surface area contributed by atoms with Crippen molar-refractivity contribution in [3.8, 4) is 0 Å². The molecule has 1 heterocycles. The van der Waals surface area contributed by atoms with E-state index >= 15 is 0 Å². The summed E-state index contributed by atoms with van der Waals surface area (Å²) in [7, 11) is 0. The van der Waals surface area contributed by atoms with E-state index in [1.54, 1.807) is 0 Å². The quantitative estimate of drug-likeness (QED) is 0.580. The lowest BCUT2D eigenvalue weighted by Gasteiger charge is -2.33. The van der Waals surface area contributed by atoms with Crippen LogP contribution in [0.4, 0.5) is 0 Å². The number of rotatable bonds is 4. The second-order valence-electron chi connectivity index (χ2n) is 6.63. The Morgan fingerprint density at radius 1 is 0.846 bits per heavy atom. The number of nitrogens with zero attached hydrogens (tertiary/aromatic N) is 3. The molecule has 1 saturated heterocycles. The molecule has 0 amide bonds. The Bertz CT molecular complexity index is 909. The summed E-state index contributed by atoms with van der Waals surface area (Å²) < 4.78 is 1.08. The van der Waals surface area contributed by atoms with Crippen molar-refractivity contribution in [2.24, 2.45) is 5.10 Å². The van der Waals surface area contributed by atoms with Gasteiger partial charge in [0.2, 0.25) is 0 Å². The zero-order valence-electron chi connectivity index (χ0n) is 14.7. The van der Waals surface area contributed by atoms with E-state index in [2.05, 4.69) is 79.5 Å². The summed E-state index contributed by atoms with van der Waals surface area (Å²) in [4.78, 5) is 2.52. The SMILES string of the molecule is Brc1ccccc1C=NN1CCN(Cc2cccc3ccccc23)CC1. The number of hydrazone groups is 1. The van der Waals surface area contributed by atoms with E-state index in [1.165, 1.54) is 16.3 Å². The van der Waals surface area contributed by atoms with E-state index in [0.717, 1.165) is 42.8 Å². The summed E-state index contributed by atoms with van der Waals surface area (Å²) in [5.41, 5.74) is 2.53. The molecule has 4 heteroatoms. The molecule has 0 bridgehead atoms. The van der Waals surface area contributed by atoms with Crippen LogP contribution in [0.2, 0.25) is 0 Å². The van der Waals surface area contributed by atoms with Crippen LogP contribution in [-0.4, -0.2) is 42.3 Å². The number of hydrogen-bond acceptors (Lipinski definition) is 3. The Morgan fingerprint density at radius 2 is 1.58 bits per heavy atom. The molecule has 4 rings (SSSR count). The van der Waals surface area contributed by atoms with Gasteiger partial charge in [-0.05, 0) is 22.4 Å². The highest BCUT2D eigenvalue weighted by Crippen LogP contribution is 2.20.